The minimum atomic E-state index is -1.89. The van der Waals surface area contributed by atoms with Gasteiger partial charge in [-0.25, -0.2) is 9.67 Å². The number of aromatic nitrogens is 4. The summed E-state index contributed by atoms with van der Waals surface area (Å²) in [6, 6.07) is 0. The molecule has 0 radical (unpaired) electrons. The molecule has 15 heavy (non-hydrogen) atoms. The molecule has 0 atom stereocenters. The van der Waals surface area contributed by atoms with Crippen molar-refractivity contribution in [3.8, 4) is 0 Å². The lowest BCUT2D eigenvalue weighted by molar-refractivity contribution is 0.278. The average Bonchev–Trinajstić information content (AvgIpc) is 2.56. The molecule has 7 heteroatoms. The zero-order valence-electron chi connectivity index (χ0n) is 9.48. The highest BCUT2D eigenvalue weighted by atomic mass is 35.5. The van der Waals surface area contributed by atoms with Crippen LogP contribution in [0.4, 0.5) is 0 Å². The molecule has 0 saturated carbocycles. The molecule has 2 aromatic rings. The minimum Gasteiger partial charge on any atom is -0.396 e. The molecule has 0 spiro atoms. The van der Waals surface area contributed by atoms with Crippen LogP contribution >= 0.6 is 23.2 Å². The van der Waals surface area contributed by atoms with E-state index >= 15 is 0 Å². The number of hydrogen-bond donors (Lipinski definition) is 1. The van der Waals surface area contributed by atoms with E-state index in [1.165, 1.54) is 6.20 Å². The molecule has 80 valence electrons. The van der Waals surface area contributed by atoms with Crippen molar-refractivity contribution in [2.75, 3.05) is 6.61 Å². The maximum Gasteiger partial charge on any atom is 0.224 e. The molecule has 1 N–H and O–H groups in total. The number of aliphatic hydroxyl groups excluding tert-OH is 1. The van der Waals surface area contributed by atoms with Crippen LogP contribution < -0.4 is 0 Å². The molecule has 0 amide bonds. The molecule has 0 aliphatic rings. The predicted molar refractivity (Wildman–Crippen MR) is 57.0 cm³/mol. The van der Waals surface area contributed by atoms with E-state index < -0.39 is 6.50 Å². The Morgan fingerprint density at radius 2 is 2.33 bits per heavy atom. The van der Waals surface area contributed by atoms with Crippen LogP contribution in [0.15, 0.2) is 6.20 Å². The van der Waals surface area contributed by atoms with Gasteiger partial charge in [-0.15, -0.1) is 0 Å². The van der Waals surface area contributed by atoms with Gasteiger partial charge in [-0.1, -0.05) is 11.6 Å². The molecule has 0 saturated heterocycles. The van der Waals surface area contributed by atoms with E-state index in [1.54, 1.807) is 0 Å². The van der Waals surface area contributed by atoms with Crippen LogP contribution in [0, 0.1) is 0 Å². The van der Waals surface area contributed by atoms with Crippen molar-refractivity contribution in [1.82, 2.24) is 19.7 Å². The molecule has 0 bridgehead atoms. The van der Waals surface area contributed by atoms with Crippen LogP contribution in [-0.2, 0) is 6.50 Å². The molecule has 2 heterocycles. The van der Waals surface area contributed by atoms with E-state index in [0.29, 0.717) is 5.39 Å². The van der Waals surface area contributed by atoms with Gasteiger partial charge in [-0.3, -0.25) is 0 Å². The number of aryl methyl sites for hydroxylation is 1. The molecule has 0 aromatic carbocycles. The van der Waals surface area contributed by atoms with Gasteiger partial charge in [0.1, 0.15) is 0 Å². The molecular formula is C8H8Cl2N4O. The maximum atomic E-state index is 8.82. The minimum absolute atomic E-state index is 0.0184. The number of nitrogens with zero attached hydrogens (tertiary/aromatic N) is 4. The highest BCUT2D eigenvalue weighted by Gasteiger charge is 2.10. The third kappa shape index (κ3) is 2.04. The Labute approximate surface area is 98.5 Å². The maximum absolute atomic E-state index is 8.82. The van der Waals surface area contributed by atoms with Gasteiger partial charge in [0.15, 0.2) is 10.8 Å². The highest BCUT2D eigenvalue weighted by molar-refractivity contribution is 6.34. The summed E-state index contributed by atoms with van der Waals surface area (Å²) < 4.78 is 16.6. The normalized spacial score (nSPS) is 14.1. The number of hydrogen-bond acceptors (Lipinski definition) is 4. The Bertz CT molecular complexity index is 560. The van der Waals surface area contributed by atoms with E-state index in [2.05, 4.69) is 15.1 Å². The lowest BCUT2D eigenvalue weighted by atomic mass is 10.4. The Balaban J connectivity index is 2.65. The Morgan fingerprint density at radius 1 is 1.53 bits per heavy atom. The monoisotopic (exact) mass is 248 g/mol. The van der Waals surface area contributed by atoms with Gasteiger partial charge in [-0.2, -0.15) is 10.1 Å². The largest absolute Gasteiger partial charge is 0.396 e. The van der Waals surface area contributed by atoms with Crippen molar-refractivity contribution in [3.63, 3.8) is 0 Å². The first kappa shape index (κ1) is 8.27. The summed E-state index contributed by atoms with van der Waals surface area (Å²) in [5.41, 5.74) is 0.202. The summed E-state index contributed by atoms with van der Waals surface area (Å²) in [7, 11) is 0. The summed E-state index contributed by atoms with van der Waals surface area (Å²) in [5, 5.41) is 13.2. The number of aliphatic hydroxyl groups is 1. The van der Waals surface area contributed by atoms with Crippen LogP contribution in [0.25, 0.3) is 11.0 Å². The Hall–Kier alpha value is -0.910. The zero-order chi connectivity index (χ0) is 12.6. The van der Waals surface area contributed by atoms with E-state index in [-0.39, 0.29) is 29.1 Å². The summed E-state index contributed by atoms with van der Waals surface area (Å²) in [5.74, 6) is 0. The molecule has 5 nitrogen and oxygen atoms in total. The topological polar surface area (TPSA) is 63.8 Å². The zero-order valence-corrected chi connectivity index (χ0v) is 9.00. The van der Waals surface area contributed by atoms with Crippen molar-refractivity contribution in [3.05, 3.63) is 16.6 Å². The Morgan fingerprint density at radius 3 is 3.07 bits per heavy atom. The van der Waals surface area contributed by atoms with Gasteiger partial charge < -0.3 is 5.11 Å². The second kappa shape index (κ2) is 4.30. The van der Waals surface area contributed by atoms with Gasteiger partial charge in [-0.05, 0) is 18.0 Å². The van der Waals surface area contributed by atoms with Crippen molar-refractivity contribution >= 4 is 34.2 Å². The predicted octanol–water partition coefficient (Wildman–Crippen LogP) is 1.52. The SMILES string of the molecule is [2H]C([2H])(CCO)n1nc(Cl)c2cnc(Cl)nc21. The van der Waals surface area contributed by atoms with E-state index in [0.717, 1.165) is 4.68 Å². The van der Waals surface area contributed by atoms with Crippen LogP contribution in [-0.4, -0.2) is 31.5 Å². The summed E-state index contributed by atoms with van der Waals surface area (Å²) in [6.07, 6.45) is 1.26. The van der Waals surface area contributed by atoms with Crippen LogP contribution in [0.2, 0.25) is 10.4 Å². The molecule has 0 aliphatic heterocycles. The standard InChI is InChI=1S/C8H8Cl2N4O/c9-6-5-4-11-8(10)12-7(5)14(13-6)2-1-3-15/h4,15H,1-3H2/i2D2. The highest BCUT2D eigenvalue weighted by Crippen LogP contribution is 2.21. The quantitative estimate of drug-likeness (QED) is 0.837. The third-order valence-electron chi connectivity index (χ3n) is 1.72. The van der Waals surface area contributed by atoms with Gasteiger partial charge >= 0.3 is 0 Å². The number of rotatable bonds is 3. The summed E-state index contributed by atoms with van der Waals surface area (Å²) in [6.45, 7) is -2.21. The molecule has 2 rings (SSSR count). The van der Waals surface area contributed by atoms with Crippen molar-refractivity contribution in [2.24, 2.45) is 0 Å². The van der Waals surface area contributed by atoms with E-state index in [1.807, 2.05) is 0 Å². The van der Waals surface area contributed by atoms with E-state index in [9.17, 15) is 0 Å². The average molecular weight is 249 g/mol. The Kier molecular flexibility index (Phi) is 2.37. The second-order valence-corrected chi connectivity index (χ2v) is 3.41. The van der Waals surface area contributed by atoms with Crippen molar-refractivity contribution in [2.45, 2.75) is 12.9 Å². The van der Waals surface area contributed by atoms with Gasteiger partial charge in [0.05, 0.1) is 8.13 Å². The first-order valence-electron chi connectivity index (χ1n) is 5.14. The first-order chi connectivity index (χ1) is 7.95. The van der Waals surface area contributed by atoms with Gasteiger partial charge in [0.25, 0.3) is 0 Å². The van der Waals surface area contributed by atoms with Crippen molar-refractivity contribution in [1.29, 1.82) is 0 Å². The van der Waals surface area contributed by atoms with Gasteiger partial charge in [0, 0.05) is 19.3 Å². The van der Waals surface area contributed by atoms with Crippen molar-refractivity contribution < 1.29 is 7.85 Å². The van der Waals surface area contributed by atoms with Crippen LogP contribution in [0.5, 0.6) is 0 Å². The fourth-order valence-electron chi connectivity index (χ4n) is 1.11. The molecule has 0 unspecified atom stereocenters. The summed E-state index contributed by atoms with van der Waals surface area (Å²) in [4.78, 5) is 7.65. The summed E-state index contributed by atoms with van der Waals surface area (Å²) >= 11 is 11.5. The first-order valence-corrected chi connectivity index (χ1v) is 4.89. The van der Waals surface area contributed by atoms with Crippen LogP contribution in [0.3, 0.4) is 0 Å². The fourth-order valence-corrected chi connectivity index (χ4v) is 1.45. The third-order valence-corrected chi connectivity index (χ3v) is 2.18. The number of halogens is 2. The fraction of sp³-hybridized carbons (Fsp3) is 0.375. The smallest absolute Gasteiger partial charge is 0.224 e. The lowest BCUT2D eigenvalue weighted by Gasteiger charge is -1.99. The van der Waals surface area contributed by atoms with Crippen LogP contribution in [0.1, 0.15) is 9.16 Å². The van der Waals surface area contributed by atoms with E-state index in [4.69, 9.17) is 31.0 Å². The number of fused-ring (bicyclic) bond motifs is 1. The lowest BCUT2D eigenvalue weighted by Crippen LogP contribution is -2.03. The molecule has 2 aromatic heterocycles. The molecule has 0 fully saturated rings. The van der Waals surface area contributed by atoms with Gasteiger partial charge in [0.2, 0.25) is 5.28 Å². The molecule has 0 aliphatic carbocycles. The molecular weight excluding hydrogens is 239 g/mol. The second-order valence-electron chi connectivity index (χ2n) is 2.71.